The van der Waals surface area contributed by atoms with Crippen LogP contribution in [0.1, 0.15) is 17.5 Å². The third-order valence-electron chi connectivity index (χ3n) is 1.80. The van der Waals surface area contributed by atoms with Crippen molar-refractivity contribution in [1.82, 2.24) is 18.7 Å². The molecule has 0 radical (unpaired) electrons. The molecule has 2 rings (SSSR count). The van der Waals surface area contributed by atoms with Crippen molar-refractivity contribution in [3.63, 3.8) is 0 Å². The largest absolute Gasteiger partial charge is 0.480 e. The average Bonchev–Trinajstić information content (AvgIpc) is 2.81. The van der Waals surface area contributed by atoms with E-state index in [0.29, 0.717) is 11.4 Å². The molecule has 15 heavy (non-hydrogen) atoms. The summed E-state index contributed by atoms with van der Waals surface area (Å²) in [6, 6.07) is 0. The predicted octanol–water partition coefficient (Wildman–Crippen LogP) is 0.418. The predicted molar refractivity (Wildman–Crippen MR) is 52.6 cm³/mol. The van der Waals surface area contributed by atoms with Crippen LogP contribution < -0.4 is 4.74 Å². The first kappa shape index (κ1) is 9.94. The van der Waals surface area contributed by atoms with Crippen LogP contribution in [0.3, 0.4) is 0 Å². The van der Waals surface area contributed by atoms with E-state index in [2.05, 4.69) is 18.7 Å². The van der Waals surface area contributed by atoms with Gasteiger partial charge in [0.1, 0.15) is 17.5 Å². The van der Waals surface area contributed by atoms with E-state index in [1.165, 1.54) is 25.7 Å². The summed E-state index contributed by atoms with van der Waals surface area (Å²) in [5, 5.41) is 9.91. The molecular weight excluding hydrogens is 216 g/mol. The number of ether oxygens (including phenoxy) is 1. The van der Waals surface area contributed by atoms with Crippen molar-refractivity contribution >= 4 is 11.7 Å². The minimum atomic E-state index is -0.951. The number of methoxy groups -OCH3 is 1. The topological polar surface area (TPSA) is 81.0 Å². The van der Waals surface area contributed by atoms with Crippen LogP contribution in [0.15, 0.2) is 18.6 Å². The van der Waals surface area contributed by atoms with Crippen molar-refractivity contribution in [3.05, 3.63) is 30.0 Å². The van der Waals surface area contributed by atoms with Gasteiger partial charge in [0.05, 0.1) is 25.0 Å². The first-order chi connectivity index (χ1) is 7.33. The highest BCUT2D eigenvalue weighted by Crippen LogP contribution is 2.24. The Hall–Kier alpha value is -1.60. The maximum Gasteiger partial charge on any atom is 0.238 e. The quantitative estimate of drug-likeness (QED) is 0.813. The maximum absolute atomic E-state index is 9.91. The molecule has 0 aromatic carbocycles. The summed E-state index contributed by atoms with van der Waals surface area (Å²) in [5.41, 5.74) is 0.784. The van der Waals surface area contributed by atoms with E-state index >= 15 is 0 Å². The highest BCUT2D eigenvalue weighted by atomic mass is 32.1. The molecule has 0 bridgehead atoms. The number of aromatic nitrogens is 4. The Morgan fingerprint density at radius 2 is 2.20 bits per heavy atom. The Bertz CT molecular complexity index is 434. The summed E-state index contributed by atoms with van der Waals surface area (Å²) in [5.74, 6) is 0.290. The number of rotatable bonds is 3. The molecule has 0 amide bonds. The summed E-state index contributed by atoms with van der Waals surface area (Å²) in [6.45, 7) is 0. The van der Waals surface area contributed by atoms with Crippen LogP contribution >= 0.6 is 11.7 Å². The smallest absolute Gasteiger partial charge is 0.238 e. The molecule has 0 aliphatic rings. The van der Waals surface area contributed by atoms with Gasteiger partial charge in [-0.3, -0.25) is 4.98 Å². The van der Waals surface area contributed by atoms with Gasteiger partial charge in [-0.05, 0) is 0 Å². The SMILES string of the molecule is COc1nccnc1C(O)c1cnsn1. The second-order valence-electron chi connectivity index (χ2n) is 2.69. The minimum absolute atomic E-state index is 0.290. The van der Waals surface area contributed by atoms with Gasteiger partial charge in [0.2, 0.25) is 5.88 Å². The Kier molecular flexibility index (Phi) is 2.84. The molecule has 0 saturated heterocycles. The fraction of sp³-hybridized carbons (Fsp3) is 0.250. The van der Waals surface area contributed by atoms with Crippen molar-refractivity contribution in [2.24, 2.45) is 0 Å². The normalized spacial score (nSPS) is 12.4. The molecule has 6 nitrogen and oxygen atoms in total. The molecule has 2 heterocycles. The molecule has 1 unspecified atom stereocenters. The van der Waals surface area contributed by atoms with Crippen molar-refractivity contribution in [2.45, 2.75) is 6.10 Å². The lowest BCUT2D eigenvalue weighted by Gasteiger charge is -2.09. The zero-order chi connectivity index (χ0) is 10.7. The van der Waals surface area contributed by atoms with Gasteiger partial charge in [0.15, 0.2) is 0 Å². The summed E-state index contributed by atoms with van der Waals surface area (Å²) in [4.78, 5) is 7.94. The first-order valence-electron chi connectivity index (χ1n) is 4.13. The first-order valence-corrected chi connectivity index (χ1v) is 4.86. The van der Waals surface area contributed by atoms with E-state index in [9.17, 15) is 5.11 Å². The molecule has 78 valence electrons. The molecule has 7 heteroatoms. The number of hydrogen-bond acceptors (Lipinski definition) is 7. The monoisotopic (exact) mass is 224 g/mol. The summed E-state index contributed by atoms with van der Waals surface area (Å²) < 4.78 is 12.7. The van der Waals surface area contributed by atoms with Gasteiger partial charge in [-0.2, -0.15) is 8.75 Å². The standard InChI is InChI=1S/C8H8N4O2S/c1-14-8-6(9-2-3-10-8)7(13)5-4-11-15-12-5/h2-4,7,13H,1H3. The zero-order valence-corrected chi connectivity index (χ0v) is 8.68. The lowest BCUT2D eigenvalue weighted by Crippen LogP contribution is -2.06. The average molecular weight is 224 g/mol. The minimum Gasteiger partial charge on any atom is -0.480 e. The van der Waals surface area contributed by atoms with E-state index in [1.54, 1.807) is 0 Å². The molecule has 0 aliphatic carbocycles. The molecule has 0 spiro atoms. The number of aliphatic hydroxyl groups excluding tert-OH is 1. The van der Waals surface area contributed by atoms with Crippen LogP contribution in [0, 0.1) is 0 Å². The van der Waals surface area contributed by atoms with E-state index < -0.39 is 6.10 Å². The second-order valence-corrected chi connectivity index (χ2v) is 3.24. The van der Waals surface area contributed by atoms with E-state index in [1.807, 2.05) is 0 Å². The molecule has 2 aromatic rings. The molecular formula is C8H8N4O2S. The Balaban J connectivity index is 2.37. The van der Waals surface area contributed by atoms with Crippen molar-refractivity contribution in [3.8, 4) is 5.88 Å². The molecule has 1 atom stereocenters. The summed E-state index contributed by atoms with van der Waals surface area (Å²) in [7, 11) is 1.47. The Morgan fingerprint density at radius 1 is 1.40 bits per heavy atom. The number of hydrogen-bond donors (Lipinski definition) is 1. The molecule has 0 saturated carbocycles. The van der Waals surface area contributed by atoms with Crippen LogP contribution in [0.2, 0.25) is 0 Å². The van der Waals surface area contributed by atoms with Crippen LogP contribution in [0.25, 0.3) is 0 Å². The third-order valence-corrected chi connectivity index (χ3v) is 2.29. The van der Waals surface area contributed by atoms with Gasteiger partial charge in [0.25, 0.3) is 0 Å². The van der Waals surface area contributed by atoms with Crippen LogP contribution in [-0.4, -0.2) is 30.9 Å². The Morgan fingerprint density at radius 3 is 2.87 bits per heavy atom. The third kappa shape index (κ3) is 1.92. The van der Waals surface area contributed by atoms with Crippen molar-refractivity contribution in [1.29, 1.82) is 0 Å². The fourth-order valence-electron chi connectivity index (χ4n) is 1.11. The lowest BCUT2D eigenvalue weighted by molar-refractivity contribution is 0.204. The Labute approximate surface area is 89.9 Å². The van der Waals surface area contributed by atoms with Crippen molar-refractivity contribution < 1.29 is 9.84 Å². The summed E-state index contributed by atoms with van der Waals surface area (Å²) >= 11 is 1.03. The van der Waals surface area contributed by atoms with Gasteiger partial charge >= 0.3 is 0 Å². The van der Waals surface area contributed by atoms with E-state index in [-0.39, 0.29) is 5.88 Å². The maximum atomic E-state index is 9.91. The van der Waals surface area contributed by atoms with Gasteiger partial charge in [-0.25, -0.2) is 4.98 Å². The van der Waals surface area contributed by atoms with Gasteiger partial charge in [-0.15, -0.1) is 0 Å². The number of aliphatic hydroxyl groups is 1. The molecule has 1 N–H and O–H groups in total. The lowest BCUT2D eigenvalue weighted by atomic mass is 10.2. The molecule has 2 aromatic heterocycles. The highest BCUT2D eigenvalue weighted by Gasteiger charge is 2.19. The van der Waals surface area contributed by atoms with E-state index in [0.717, 1.165) is 11.7 Å². The van der Waals surface area contributed by atoms with Gasteiger partial charge < -0.3 is 9.84 Å². The highest BCUT2D eigenvalue weighted by molar-refractivity contribution is 6.99. The van der Waals surface area contributed by atoms with Crippen molar-refractivity contribution in [2.75, 3.05) is 7.11 Å². The number of nitrogens with zero attached hydrogens (tertiary/aromatic N) is 4. The summed E-state index contributed by atoms with van der Waals surface area (Å²) in [6.07, 6.45) is 3.52. The van der Waals surface area contributed by atoms with Crippen LogP contribution in [-0.2, 0) is 0 Å². The molecule has 0 aliphatic heterocycles. The van der Waals surface area contributed by atoms with Crippen LogP contribution in [0.4, 0.5) is 0 Å². The van der Waals surface area contributed by atoms with E-state index in [4.69, 9.17) is 4.74 Å². The van der Waals surface area contributed by atoms with Crippen LogP contribution in [0.5, 0.6) is 5.88 Å². The fourth-order valence-corrected chi connectivity index (χ4v) is 1.56. The second kappa shape index (κ2) is 4.28. The zero-order valence-electron chi connectivity index (χ0n) is 7.86. The molecule has 0 fully saturated rings. The van der Waals surface area contributed by atoms with Gasteiger partial charge in [-0.1, -0.05) is 0 Å². The van der Waals surface area contributed by atoms with Gasteiger partial charge in [0, 0.05) is 12.4 Å².